The fraction of sp³-hybridized carbons (Fsp3) is 0.462. The van der Waals surface area contributed by atoms with Crippen LogP contribution in [0.4, 0.5) is 10.5 Å². The number of aryl methyl sites for hydroxylation is 1. The van der Waals surface area contributed by atoms with Crippen LogP contribution in [-0.4, -0.2) is 68.7 Å². The third-order valence-electron chi connectivity index (χ3n) is 7.55. The Balaban J connectivity index is 1.61. The lowest BCUT2D eigenvalue weighted by Gasteiger charge is -2.30. The van der Waals surface area contributed by atoms with Crippen LogP contribution in [0.15, 0.2) is 30.6 Å². The molecule has 9 nitrogen and oxygen atoms in total. The van der Waals surface area contributed by atoms with E-state index in [4.69, 9.17) is 4.98 Å². The highest BCUT2D eigenvalue weighted by Gasteiger charge is 2.39. The van der Waals surface area contributed by atoms with Crippen LogP contribution in [-0.2, 0) is 0 Å². The van der Waals surface area contributed by atoms with E-state index in [1.54, 1.807) is 12.4 Å². The molecule has 5 rings (SSSR count). The molecule has 2 aliphatic rings. The molecule has 0 radical (unpaired) electrons. The first kappa shape index (κ1) is 23.1. The lowest BCUT2D eigenvalue weighted by Crippen LogP contribution is -2.47. The minimum atomic E-state index is -1.05. The van der Waals surface area contributed by atoms with Gasteiger partial charge in [0.2, 0.25) is 0 Å². The second-order valence-corrected chi connectivity index (χ2v) is 10.3. The fourth-order valence-corrected chi connectivity index (χ4v) is 5.21. The predicted octanol–water partition coefficient (Wildman–Crippen LogP) is 4.04. The van der Waals surface area contributed by atoms with Crippen LogP contribution in [0, 0.1) is 12.8 Å². The molecule has 0 spiro atoms. The number of hydrogen-bond donors (Lipinski definition) is 3. The van der Waals surface area contributed by atoms with E-state index in [1.165, 1.54) is 0 Å². The van der Waals surface area contributed by atoms with Gasteiger partial charge in [-0.1, -0.05) is 12.1 Å². The van der Waals surface area contributed by atoms with Crippen LogP contribution in [0.3, 0.4) is 0 Å². The Morgan fingerprint density at radius 1 is 1.31 bits per heavy atom. The van der Waals surface area contributed by atoms with Crippen molar-refractivity contribution in [2.45, 2.75) is 51.6 Å². The average Bonchev–Trinajstić information content (AvgIpc) is 3.46. The molecule has 1 aliphatic heterocycles. The summed E-state index contributed by atoms with van der Waals surface area (Å²) in [5.74, 6) is 1.10. The summed E-state index contributed by atoms with van der Waals surface area (Å²) in [7, 11) is 1.85. The number of imidazole rings is 1. The number of anilines is 1. The molecule has 184 valence electrons. The van der Waals surface area contributed by atoms with Gasteiger partial charge >= 0.3 is 6.09 Å². The maximum absolute atomic E-state index is 13.8. The Labute approximate surface area is 204 Å². The van der Waals surface area contributed by atoms with E-state index < -0.39 is 11.6 Å². The highest BCUT2D eigenvalue weighted by Crippen LogP contribution is 2.39. The lowest BCUT2D eigenvalue weighted by atomic mass is 10.0. The molecule has 2 atom stereocenters. The number of nitrogens with zero attached hydrogens (tertiary/aromatic N) is 4. The number of carbonyl (C=O) groups is 2. The van der Waals surface area contributed by atoms with E-state index in [0.717, 1.165) is 40.7 Å². The van der Waals surface area contributed by atoms with E-state index in [9.17, 15) is 14.7 Å². The van der Waals surface area contributed by atoms with Crippen molar-refractivity contribution in [3.8, 4) is 11.4 Å². The third kappa shape index (κ3) is 4.31. The van der Waals surface area contributed by atoms with Crippen LogP contribution >= 0.6 is 0 Å². The van der Waals surface area contributed by atoms with Gasteiger partial charge in [0.15, 0.2) is 0 Å². The summed E-state index contributed by atoms with van der Waals surface area (Å²) in [6, 6.07) is 6.13. The second-order valence-electron chi connectivity index (χ2n) is 10.3. The molecule has 0 unspecified atom stereocenters. The molecule has 0 bridgehead atoms. The molecule has 3 N–H and O–H groups in total. The zero-order chi connectivity index (χ0) is 24.9. The van der Waals surface area contributed by atoms with Gasteiger partial charge in [-0.25, -0.2) is 9.78 Å². The normalized spacial score (nSPS) is 20.7. The molecule has 3 heterocycles. The average molecular weight is 477 g/mol. The quantitative estimate of drug-likeness (QED) is 0.495. The van der Waals surface area contributed by atoms with Gasteiger partial charge in [-0.3, -0.25) is 9.78 Å². The molecule has 2 aromatic heterocycles. The number of carbonyl (C=O) groups excluding carboxylic acids is 1. The van der Waals surface area contributed by atoms with Gasteiger partial charge in [0.25, 0.3) is 5.91 Å². The molecule has 3 aromatic rings. The Morgan fingerprint density at radius 3 is 2.77 bits per heavy atom. The molecule has 2 fully saturated rings. The van der Waals surface area contributed by atoms with Crippen molar-refractivity contribution < 1.29 is 14.7 Å². The highest BCUT2D eigenvalue weighted by molar-refractivity contribution is 6.03. The second kappa shape index (κ2) is 8.55. The van der Waals surface area contributed by atoms with Crippen LogP contribution in [0.1, 0.15) is 49.0 Å². The molecular weight excluding hydrogens is 444 g/mol. The number of pyridine rings is 1. The number of carboxylic acid groups (broad SMARTS) is 1. The molecule has 9 heteroatoms. The highest BCUT2D eigenvalue weighted by atomic mass is 16.4. The van der Waals surface area contributed by atoms with Gasteiger partial charge < -0.3 is 25.2 Å². The minimum absolute atomic E-state index is 0.0826. The Kier molecular flexibility index (Phi) is 5.65. The van der Waals surface area contributed by atoms with Gasteiger partial charge in [-0.05, 0) is 57.6 Å². The molecule has 1 saturated heterocycles. The minimum Gasteiger partial charge on any atom is -0.465 e. The number of aromatic nitrogens is 3. The van der Waals surface area contributed by atoms with Crippen molar-refractivity contribution in [2.75, 3.05) is 25.0 Å². The number of fused-ring (bicyclic) bond motifs is 1. The Hall–Kier alpha value is -3.62. The number of amides is 2. The smallest absolute Gasteiger partial charge is 0.405 e. The number of benzene rings is 1. The Morgan fingerprint density at radius 2 is 2.09 bits per heavy atom. The summed E-state index contributed by atoms with van der Waals surface area (Å²) >= 11 is 0. The van der Waals surface area contributed by atoms with Gasteiger partial charge in [0, 0.05) is 38.6 Å². The van der Waals surface area contributed by atoms with Crippen LogP contribution in [0.5, 0.6) is 0 Å². The molecule has 35 heavy (non-hydrogen) atoms. The van der Waals surface area contributed by atoms with E-state index in [1.807, 2.05) is 44.0 Å². The van der Waals surface area contributed by atoms with Crippen molar-refractivity contribution in [3.63, 3.8) is 0 Å². The fourth-order valence-electron chi connectivity index (χ4n) is 5.21. The van der Waals surface area contributed by atoms with Gasteiger partial charge in [-0.2, -0.15) is 0 Å². The van der Waals surface area contributed by atoms with Crippen molar-refractivity contribution in [3.05, 3.63) is 41.7 Å². The summed E-state index contributed by atoms with van der Waals surface area (Å²) in [6.45, 7) is 7.06. The monoisotopic (exact) mass is 476 g/mol. The SMILES string of the molecule is Cc1cccc2[nH]c(-c3cncc(C(=O)N(C)[C@@H](C)C4CC4)c3N3CC[C@](C)(NC(=O)O)C3)nc12. The number of para-hydroxylation sites is 1. The summed E-state index contributed by atoms with van der Waals surface area (Å²) in [4.78, 5) is 41.8. The van der Waals surface area contributed by atoms with Crippen LogP contribution in [0.25, 0.3) is 22.4 Å². The standard InChI is InChI=1S/C26H32N6O3/c1-15-6-5-7-20-21(15)29-23(28-20)18-12-27-13-19(24(33)31(4)16(2)17-8-9-17)22(18)32-11-10-26(3,14-32)30-25(34)35/h5-7,12-13,16-17,30H,8-11,14H2,1-4H3,(H,28,29)(H,34,35)/t16-,26-/m0/s1. The number of hydrogen-bond acceptors (Lipinski definition) is 5. The summed E-state index contributed by atoms with van der Waals surface area (Å²) in [5.41, 5.74) is 4.22. The zero-order valence-corrected chi connectivity index (χ0v) is 20.6. The van der Waals surface area contributed by atoms with Gasteiger partial charge in [0.1, 0.15) is 5.82 Å². The summed E-state index contributed by atoms with van der Waals surface area (Å²) in [5, 5.41) is 12.0. The van der Waals surface area contributed by atoms with Crippen LogP contribution < -0.4 is 10.2 Å². The third-order valence-corrected chi connectivity index (χ3v) is 7.55. The summed E-state index contributed by atoms with van der Waals surface area (Å²) < 4.78 is 0. The molecule has 2 amide bonds. The Bertz CT molecular complexity index is 1300. The first-order valence-electron chi connectivity index (χ1n) is 12.1. The van der Waals surface area contributed by atoms with E-state index >= 15 is 0 Å². The summed E-state index contributed by atoms with van der Waals surface area (Å²) in [6.07, 6.45) is 5.24. The zero-order valence-electron chi connectivity index (χ0n) is 20.6. The molecule has 1 aliphatic carbocycles. The van der Waals surface area contributed by atoms with Gasteiger partial charge in [0.05, 0.1) is 33.4 Å². The largest absolute Gasteiger partial charge is 0.465 e. The number of aromatic amines is 1. The lowest BCUT2D eigenvalue weighted by molar-refractivity contribution is 0.0727. The van der Waals surface area contributed by atoms with Gasteiger partial charge in [-0.15, -0.1) is 0 Å². The maximum Gasteiger partial charge on any atom is 0.405 e. The first-order valence-corrected chi connectivity index (χ1v) is 12.1. The van der Waals surface area contributed by atoms with Crippen LogP contribution in [0.2, 0.25) is 0 Å². The van der Waals surface area contributed by atoms with E-state index in [-0.39, 0.29) is 11.9 Å². The molecule has 1 saturated carbocycles. The maximum atomic E-state index is 13.8. The number of rotatable bonds is 6. The van der Waals surface area contributed by atoms with Crippen molar-refractivity contribution in [1.29, 1.82) is 0 Å². The first-order chi connectivity index (χ1) is 16.7. The van der Waals surface area contributed by atoms with Crippen molar-refractivity contribution >= 4 is 28.7 Å². The van der Waals surface area contributed by atoms with Crippen molar-refractivity contribution in [2.24, 2.45) is 5.92 Å². The predicted molar refractivity (Wildman–Crippen MR) is 135 cm³/mol. The number of nitrogens with one attached hydrogen (secondary N) is 2. The number of H-pyrrole nitrogens is 1. The topological polar surface area (TPSA) is 114 Å². The molecular formula is C26H32N6O3. The van der Waals surface area contributed by atoms with E-state index in [2.05, 4.69) is 27.1 Å². The molecule has 1 aromatic carbocycles. The van der Waals surface area contributed by atoms with E-state index in [0.29, 0.717) is 36.8 Å². The van der Waals surface area contributed by atoms with Crippen molar-refractivity contribution in [1.82, 2.24) is 25.2 Å².